The zero-order chi connectivity index (χ0) is 15.0. The number of rotatable bonds is 2. The maximum absolute atomic E-state index is 13.0. The van der Waals surface area contributed by atoms with Gasteiger partial charge in [-0.3, -0.25) is 0 Å². The van der Waals surface area contributed by atoms with Gasteiger partial charge in [0.2, 0.25) is 0 Å². The maximum atomic E-state index is 13.0. The second kappa shape index (κ2) is 5.62. The smallest absolute Gasteiger partial charge is 0.198 e. The Morgan fingerprint density at radius 1 is 0.952 bits per heavy atom. The van der Waals surface area contributed by atoms with E-state index in [1.165, 1.54) is 0 Å². The summed E-state index contributed by atoms with van der Waals surface area (Å²) in [6, 6.07) is 16.5. The number of hydrogen-bond donors (Lipinski definition) is 0. The number of aryl methyl sites for hydroxylation is 2. The zero-order valence-corrected chi connectivity index (χ0v) is 13.4. The minimum Gasteiger partial charge on any atom is -0.568 e. The van der Waals surface area contributed by atoms with E-state index in [0.717, 1.165) is 29.0 Å². The Balaban J connectivity index is 1.96. The second-order valence-electron chi connectivity index (χ2n) is 5.54. The van der Waals surface area contributed by atoms with Gasteiger partial charge in [-0.05, 0) is 44.0 Å². The highest BCUT2D eigenvalue weighted by Crippen LogP contribution is 2.35. The Hall–Kier alpha value is -1.65. The molecule has 2 unspecified atom stereocenters. The molecule has 0 N–H and O–H groups in total. The third kappa shape index (κ3) is 2.49. The van der Waals surface area contributed by atoms with Crippen molar-refractivity contribution in [3.8, 4) is 0 Å². The van der Waals surface area contributed by atoms with Crippen LogP contribution in [0.2, 0.25) is 0 Å². The van der Waals surface area contributed by atoms with Crippen molar-refractivity contribution in [1.29, 1.82) is 0 Å². The van der Waals surface area contributed by atoms with Crippen molar-refractivity contribution in [3.63, 3.8) is 0 Å². The van der Waals surface area contributed by atoms with E-state index >= 15 is 0 Å². The Labute approximate surface area is 129 Å². The van der Waals surface area contributed by atoms with Gasteiger partial charge in [0.25, 0.3) is 0 Å². The Morgan fingerprint density at radius 3 is 2.05 bits per heavy atom. The molecule has 110 valence electrons. The Kier molecular flexibility index (Phi) is 3.83. The highest BCUT2D eigenvalue weighted by molar-refractivity contribution is 7.94. The average molecular weight is 300 g/mol. The molecule has 1 fully saturated rings. The van der Waals surface area contributed by atoms with Crippen molar-refractivity contribution >= 4 is 22.9 Å². The van der Waals surface area contributed by atoms with Crippen LogP contribution in [0, 0.1) is 13.8 Å². The topological polar surface area (TPSA) is 29.5 Å². The molecule has 0 amide bonds. The molecule has 1 saturated heterocycles. The molecular weight excluding hydrogens is 280 g/mol. The third-order valence-corrected chi connectivity index (χ3v) is 5.54. The van der Waals surface area contributed by atoms with Crippen LogP contribution in [0.1, 0.15) is 18.1 Å². The molecule has 0 spiro atoms. The Morgan fingerprint density at radius 2 is 1.48 bits per heavy atom. The molecule has 3 rings (SSSR count). The fraction of sp³-hybridized carbons (Fsp3) is 0.294. The highest BCUT2D eigenvalue weighted by atomic mass is 32.2. The summed E-state index contributed by atoms with van der Waals surface area (Å²) in [6.45, 7) is 7.03. The molecule has 0 bridgehead atoms. The van der Waals surface area contributed by atoms with Crippen LogP contribution in [0.25, 0.3) is 0 Å². The van der Waals surface area contributed by atoms with Crippen LogP contribution >= 0.6 is 0 Å². The van der Waals surface area contributed by atoms with E-state index in [1.807, 2.05) is 45.0 Å². The number of nitrogens with zero attached hydrogens (tertiary/aromatic N) is 2. The van der Waals surface area contributed by atoms with Gasteiger partial charge >= 0.3 is 0 Å². The first-order valence-electron chi connectivity index (χ1n) is 7.19. The molecule has 1 aliphatic heterocycles. The van der Waals surface area contributed by atoms with E-state index in [9.17, 15) is 4.55 Å². The fourth-order valence-electron chi connectivity index (χ4n) is 2.80. The normalized spacial score (nSPS) is 21.9. The summed E-state index contributed by atoms with van der Waals surface area (Å²) in [5.41, 5.74) is 4.42. The standard InChI is InChI=1S/C17H20N2OS/c1-13-8-4-6-10-16(13)18-12-15(3)19(21(18)20)17-11-7-5-9-14(17)2/h4-11,15H,12H2,1-3H3. The van der Waals surface area contributed by atoms with Gasteiger partial charge < -0.3 is 4.55 Å². The molecule has 1 aliphatic rings. The number of anilines is 2. The summed E-state index contributed by atoms with van der Waals surface area (Å²) < 4.78 is 17.0. The van der Waals surface area contributed by atoms with Crippen LogP contribution in [0.15, 0.2) is 48.5 Å². The molecule has 4 heteroatoms. The second-order valence-corrected chi connectivity index (χ2v) is 6.84. The fourth-order valence-corrected chi connectivity index (χ4v) is 4.47. The van der Waals surface area contributed by atoms with E-state index < -0.39 is 11.5 Å². The summed E-state index contributed by atoms with van der Waals surface area (Å²) in [7, 11) is 0. The predicted octanol–water partition coefficient (Wildman–Crippen LogP) is 3.60. The van der Waals surface area contributed by atoms with Crippen LogP contribution in [0.5, 0.6) is 0 Å². The molecule has 2 aromatic rings. The van der Waals surface area contributed by atoms with E-state index in [2.05, 4.69) is 32.9 Å². The van der Waals surface area contributed by atoms with Gasteiger partial charge in [-0.2, -0.15) is 8.61 Å². The quantitative estimate of drug-likeness (QED) is 0.794. The third-order valence-electron chi connectivity index (χ3n) is 3.92. The van der Waals surface area contributed by atoms with E-state index in [-0.39, 0.29) is 6.04 Å². The van der Waals surface area contributed by atoms with E-state index in [4.69, 9.17) is 0 Å². The lowest BCUT2D eigenvalue weighted by Crippen LogP contribution is -2.35. The number of para-hydroxylation sites is 2. The lowest BCUT2D eigenvalue weighted by atomic mass is 10.1. The van der Waals surface area contributed by atoms with Crippen molar-refractivity contribution in [3.05, 3.63) is 59.7 Å². The SMILES string of the molecule is Cc1ccccc1N1CC(C)N(c2ccccc2C)[S+]1[O-]. The van der Waals surface area contributed by atoms with Crippen molar-refractivity contribution in [2.24, 2.45) is 0 Å². The largest absolute Gasteiger partial charge is 0.568 e. The van der Waals surface area contributed by atoms with Crippen molar-refractivity contribution in [2.45, 2.75) is 26.8 Å². The molecule has 21 heavy (non-hydrogen) atoms. The monoisotopic (exact) mass is 300 g/mol. The summed E-state index contributed by atoms with van der Waals surface area (Å²) in [6.07, 6.45) is 0. The summed E-state index contributed by atoms with van der Waals surface area (Å²) in [4.78, 5) is 0. The molecule has 2 atom stereocenters. The average Bonchev–Trinajstić information content (AvgIpc) is 2.75. The van der Waals surface area contributed by atoms with Crippen LogP contribution in [0.4, 0.5) is 11.4 Å². The highest BCUT2D eigenvalue weighted by Gasteiger charge is 2.43. The first-order chi connectivity index (χ1) is 10.1. The molecule has 1 heterocycles. The molecule has 2 aromatic carbocycles. The maximum Gasteiger partial charge on any atom is 0.198 e. The van der Waals surface area contributed by atoms with Gasteiger partial charge in [-0.25, -0.2) is 0 Å². The molecule has 0 aliphatic carbocycles. The summed E-state index contributed by atoms with van der Waals surface area (Å²) in [5, 5.41) is 0. The molecule has 0 saturated carbocycles. The number of benzene rings is 2. The van der Waals surface area contributed by atoms with Crippen molar-refractivity contribution in [1.82, 2.24) is 0 Å². The summed E-state index contributed by atoms with van der Waals surface area (Å²) in [5.74, 6) is 0. The molecule has 0 aromatic heterocycles. The van der Waals surface area contributed by atoms with Crippen LogP contribution in [0.3, 0.4) is 0 Å². The van der Waals surface area contributed by atoms with Crippen LogP contribution in [-0.2, 0) is 11.5 Å². The van der Waals surface area contributed by atoms with Gasteiger partial charge in [-0.1, -0.05) is 36.4 Å². The summed E-state index contributed by atoms with van der Waals surface area (Å²) >= 11 is -1.18. The molecule has 3 nitrogen and oxygen atoms in total. The number of hydrogen-bond acceptors (Lipinski definition) is 3. The lowest BCUT2D eigenvalue weighted by molar-refractivity contribution is 0.594. The van der Waals surface area contributed by atoms with Crippen molar-refractivity contribution in [2.75, 3.05) is 15.2 Å². The van der Waals surface area contributed by atoms with Gasteiger partial charge in [0.05, 0.1) is 24.0 Å². The van der Waals surface area contributed by atoms with Gasteiger partial charge in [0, 0.05) is 0 Å². The van der Waals surface area contributed by atoms with Crippen LogP contribution < -0.4 is 8.61 Å². The lowest BCUT2D eigenvalue weighted by Gasteiger charge is -2.25. The Bertz CT molecular complexity index is 646. The molecular formula is C17H20N2OS. The van der Waals surface area contributed by atoms with Gasteiger partial charge in [0.15, 0.2) is 11.5 Å². The van der Waals surface area contributed by atoms with E-state index in [1.54, 1.807) is 0 Å². The first-order valence-corrected chi connectivity index (χ1v) is 8.26. The van der Waals surface area contributed by atoms with Crippen LogP contribution in [-0.4, -0.2) is 17.1 Å². The minimum atomic E-state index is -1.18. The van der Waals surface area contributed by atoms with Gasteiger partial charge in [0.1, 0.15) is 0 Å². The van der Waals surface area contributed by atoms with Crippen molar-refractivity contribution < 1.29 is 4.55 Å². The minimum absolute atomic E-state index is 0.214. The van der Waals surface area contributed by atoms with Gasteiger partial charge in [-0.15, -0.1) is 0 Å². The van der Waals surface area contributed by atoms with E-state index in [0.29, 0.717) is 0 Å². The predicted molar refractivity (Wildman–Crippen MR) is 89.8 cm³/mol. The molecule has 0 radical (unpaired) electrons. The zero-order valence-electron chi connectivity index (χ0n) is 12.6. The first kappa shape index (κ1) is 14.3.